The number of furan rings is 1. The van der Waals surface area contributed by atoms with Gasteiger partial charge in [0.15, 0.2) is 5.76 Å². The fourth-order valence-corrected chi connectivity index (χ4v) is 3.77. The Bertz CT molecular complexity index is 540. The van der Waals surface area contributed by atoms with Crippen molar-refractivity contribution in [2.24, 2.45) is 10.8 Å². The molecule has 2 rings (SSSR count). The topological polar surface area (TPSA) is 79.5 Å². The zero-order valence-corrected chi connectivity index (χ0v) is 13.0. The highest BCUT2D eigenvalue weighted by Gasteiger charge is 2.39. The van der Waals surface area contributed by atoms with Crippen molar-refractivity contribution in [1.82, 2.24) is 5.32 Å². The molecule has 0 radical (unpaired) electrons. The molecule has 0 spiro atoms. The van der Waals surface area contributed by atoms with Crippen molar-refractivity contribution in [3.63, 3.8) is 0 Å². The molecule has 21 heavy (non-hydrogen) atoms. The number of carbonyl (C=O) groups excluding carboxylic acids is 1. The Hall–Kier alpha value is -1.78. The van der Waals surface area contributed by atoms with E-state index in [1.165, 1.54) is 6.07 Å². The van der Waals surface area contributed by atoms with Gasteiger partial charge in [-0.3, -0.25) is 4.79 Å². The Kier molecular flexibility index (Phi) is 3.87. The average Bonchev–Trinajstić information content (AvgIpc) is 2.72. The monoisotopic (exact) mass is 293 g/mol. The normalized spacial score (nSPS) is 21.0. The van der Waals surface area contributed by atoms with E-state index in [4.69, 9.17) is 9.52 Å². The van der Waals surface area contributed by atoms with Crippen LogP contribution >= 0.6 is 0 Å². The molecular weight excluding hydrogens is 270 g/mol. The van der Waals surface area contributed by atoms with Crippen LogP contribution in [-0.4, -0.2) is 23.0 Å². The van der Waals surface area contributed by atoms with Crippen molar-refractivity contribution in [3.05, 3.63) is 23.7 Å². The van der Waals surface area contributed by atoms with E-state index in [9.17, 15) is 9.59 Å². The van der Waals surface area contributed by atoms with Crippen LogP contribution in [0.2, 0.25) is 0 Å². The van der Waals surface area contributed by atoms with Gasteiger partial charge in [-0.05, 0) is 30.1 Å². The second-order valence-electron chi connectivity index (χ2n) is 7.59. The zero-order chi connectivity index (χ0) is 15.8. The molecule has 0 atom stereocenters. The predicted octanol–water partition coefficient (Wildman–Crippen LogP) is 3.31. The van der Waals surface area contributed by atoms with Crippen LogP contribution in [0.15, 0.2) is 16.7 Å². The summed E-state index contributed by atoms with van der Waals surface area (Å²) in [5, 5.41) is 11.8. The third-order valence-electron chi connectivity index (χ3n) is 3.96. The van der Waals surface area contributed by atoms with Crippen LogP contribution in [0.1, 0.15) is 67.9 Å². The fraction of sp³-hybridized carbons (Fsp3) is 0.625. The first-order valence-electron chi connectivity index (χ1n) is 7.21. The number of rotatable bonds is 3. The SMILES string of the molecule is CC1(C)CC(NC(=O)c2cc(C(=O)O)co2)CC(C)(C)C1. The molecular formula is C16H23NO4. The van der Waals surface area contributed by atoms with Crippen molar-refractivity contribution in [2.45, 2.75) is 53.0 Å². The molecule has 1 heterocycles. The van der Waals surface area contributed by atoms with Gasteiger partial charge in [-0.2, -0.15) is 0 Å². The van der Waals surface area contributed by atoms with E-state index in [1.54, 1.807) is 0 Å². The van der Waals surface area contributed by atoms with Crippen LogP contribution < -0.4 is 5.32 Å². The molecule has 1 aliphatic rings. The van der Waals surface area contributed by atoms with Gasteiger partial charge < -0.3 is 14.8 Å². The van der Waals surface area contributed by atoms with Crippen molar-refractivity contribution >= 4 is 11.9 Å². The van der Waals surface area contributed by atoms with Gasteiger partial charge in [0.05, 0.1) is 5.56 Å². The molecule has 1 aromatic rings. The molecule has 5 nitrogen and oxygen atoms in total. The maximum Gasteiger partial charge on any atom is 0.338 e. The van der Waals surface area contributed by atoms with Crippen LogP contribution in [0.4, 0.5) is 0 Å². The van der Waals surface area contributed by atoms with E-state index in [1.807, 2.05) is 0 Å². The molecule has 0 aromatic carbocycles. The summed E-state index contributed by atoms with van der Waals surface area (Å²) < 4.78 is 5.04. The third kappa shape index (κ3) is 3.86. The maximum atomic E-state index is 12.2. The molecule has 1 aliphatic carbocycles. The number of carbonyl (C=O) groups is 2. The van der Waals surface area contributed by atoms with Crippen LogP contribution in [0, 0.1) is 10.8 Å². The first kappa shape index (κ1) is 15.6. The van der Waals surface area contributed by atoms with Crippen LogP contribution in [0.3, 0.4) is 0 Å². The van der Waals surface area contributed by atoms with Crippen LogP contribution in [0.25, 0.3) is 0 Å². The quantitative estimate of drug-likeness (QED) is 0.896. The molecule has 116 valence electrons. The summed E-state index contributed by atoms with van der Waals surface area (Å²) in [7, 11) is 0. The van der Waals surface area contributed by atoms with Gasteiger partial charge in [0.2, 0.25) is 0 Å². The minimum atomic E-state index is -1.10. The average molecular weight is 293 g/mol. The van der Waals surface area contributed by atoms with Gasteiger partial charge in [-0.25, -0.2) is 4.79 Å². The highest BCUT2D eigenvalue weighted by atomic mass is 16.4. The molecule has 1 saturated carbocycles. The predicted molar refractivity (Wildman–Crippen MR) is 78.3 cm³/mol. The molecule has 5 heteroatoms. The minimum absolute atomic E-state index is 0.00976. The number of aromatic carboxylic acids is 1. The highest BCUT2D eigenvalue weighted by Crippen LogP contribution is 2.45. The largest absolute Gasteiger partial charge is 0.478 e. The minimum Gasteiger partial charge on any atom is -0.478 e. The second kappa shape index (κ2) is 5.20. The van der Waals surface area contributed by atoms with E-state index in [0.29, 0.717) is 0 Å². The summed E-state index contributed by atoms with van der Waals surface area (Å²) in [4.78, 5) is 23.0. The van der Waals surface area contributed by atoms with Crippen LogP contribution in [0.5, 0.6) is 0 Å². The Morgan fingerprint density at radius 1 is 1.24 bits per heavy atom. The molecule has 1 aromatic heterocycles. The Labute approximate surface area is 124 Å². The Morgan fingerprint density at radius 3 is 2.29 bits per heavy atom. The van der Waals surface area contributed by atoms with Gasteiger partial charge in [-0.15, -0.1) is 0 Å². The van der Waals surface area contributed by atoms with Crippen molar-refractivity contribution in [2.75, 3.05) is 0 Å². The molecule has 0 saturated heterocycles. The summed E-state index contributed by atoms with van der Waals surface area (Å²) in [6.07, 6.45) is 4.03. The molecule has 0 bridgehead atoms. The van der Waals surface area contributed by atoms with Gasteiger partial charge in [-0.1, -0.05) is 27.7 Å². The molecule has 0 unspecified atom stereocenters. The molecule has 2 N–H and O–H groups in total. The first-order valence-corrected chi connectivity index (χ1v) is 7.21. The number of carboxylic acids is 1. The smallest absolute Gasteiger partial charge is 0.338 e. The van der Waals surface area contributed by atoms with Crippen molar-refractivity contribution in [1.29, 1.82) is 0 Å². The van der Waals surface area contributed by atoms with Crippen molar-refractivity contribution < 1.29 is 19.1 Å². The van der Waals surface area contributed by atoms with Gasteiger partial charge in [0.25, 0.3) is 5.91 Å². The lowest BCUT2D eigenvalue weighted by molar-refractivity contribution is 0.0685. The molecule has 1 fully saturated rings. The van der Waals surface area contributed by atoms with Crippen LogP contribution in [-0.2, 0) is 0 Å². The second-order valence-corrected chi connectivity index (χ2v) is 7.59. The third-order valence-corrected chi connectivity index (χ3v) is 3.96. The Balaban J connectivity index is 2.06. The van der Waals surface area contributed by atoms with E-state index in [0.717, 1.165) is 25.5 Å². The lowest BCUT2D eigenvalue weighted by Crippen LogP contribution is -2.45. The maximum absolute atomic E-state index is 12.2. The van der Waals surface area contributed by atoms with Gasteiger partial charge in [0, 0.05) is 12.1 Å². The number of hydrogen-bond donors (Lipinski definition) is 2. The fourth-order valence-electron chi connectivity index (χ4n) is 3.77. The molecule has 0 aliphatic heterocycles. The highest BCUT2D eigenvalue weighted by molar-refractivity contribution is 5.95. The number of carboxylic acid groups (broad SMARTS) is 1. The van der Waals surface area contributed by atoms with E-state index in [2.05, 4.69) is 33.0 Å². The van der Waals surface area contributed by atoms with Crippen molar-refractivity contribution in [3.8, 4) is 0 Å². The summed E-state index contributed by atoms with van der Waals surface area (Å²) in [5.41, 5.74) is 0.342. The van der Waals surface area contributed by atoms with Gasteiger partial charge in [0.1, 0.15) is 6.26 Å². The van der Waals surface area contributed by atoms with E-state index < -0.39 is 5.97 Å². The zero-order valence-electron chi connectivity index (χ0n) is 13.0. The lowest BCUT2D eigenvalue weighted by atomic mass is 9.63. The molecule has 1 amide bonds. The summed E-state index contributed by atoms with van der Waals surface area (Å²) >= 11 is 0. The number of nitrogens with one attached hydrogen (secondary N) is 1. The summed E-state index contributed by atoms with van der Waals surface area (Å²) in [6.45, 7) is 8.84. The van der Waals surface area contributed by atoms with E-state index >= 15 is 0 Å². The lowest BCUT2D eigenvalue weighted by Gasteiger charge is -2.45. The summed E-state index contributed by atoms with van der Waals surface area (Å²) in [6, 6.07) is 1.34. The number of hydrogen-bond acceptors (Lipinski definition) is 3. The Morgan fingerprint density at radius 2 is 1.81 bits per heavy atom. The first-order chi connectivity index (χ1) is 9.58. The summed E-state index contributed by atoms with van der Waals surface area (Å²) in [5.74, 6) is -1.40. The van der Waals surface area contributed by atoms with E-state index in [-0.39, 0.29) is 34.1 Å². The standard InChI is InChI=1S/C16H23NO4/c1-15(2)6-11(7-16(3,4)9-15)17-13(18)12-5-10(8-21-12)14(19)20/h5,8,11H,6-7,9H2,1-4H3,(H,17,18)(H,19,20). The van der Waals surface area contributed by atoms with Gasteiger partial charge >= 0.3 is 5.97 Å². The number of amides is 1.